The zero-order valence-electron chi connectivity index (χ0n) is 13.4. The normalized spacial score (nSPS) is 21.9. The molecule has 2 aromatic rings. The Bertz CT molecular complexity index is 782. The molecule has 2 aromatic heterocycles. The number of ether oxygens (including phenoxy) is 1. The number of rotatable bonds is 4. The van der Waals surface area contributed by atoms with E-state index in [2.05, 4.69) is 25.3 Å². The first-order chi connectivity index (χ1) is 11.0. The molecule has 0 radical (unpaired) electrons. The fourth-order valence-corrected chi connectivity index (χ4v) is 2.87. The number of H-pyrrole nitrogens is 1. The lowest BCUT2D eigenvalue weighted by molar-refractivity contribution is -0.121. The number of fused-ring (bicyclic) bond motifs is 1. The molecule has 2 atom stereocenters. The highest BCUT2D eigenvalue weighted by atomic mass is 16.5. The Labute approximate surface area is 132 Å². The number of hydrogen-bond donors (Lipinski definition) is 2. The van der Waals surface area contributed by atoms with Crippen LogP contribution in [0.4, 0.5) is 0 Å². The van der Waals surface area contributed by atoms with E-state index in [1.807, 2.05) is 7.05 Å². The Kier molecular flexibility index (Phi) is 4.14. The van der Waals surface area contributed by atoms with E-state index >= 15 is 0 Å². The predicted octanol–water partition coefficient (Wildman–Crippen LogP) is -1.29. The van der Waals surface area contributed by atoms with E-state index < -0.39 is 0 Å². The van der Waals surface area contributed by atoms with Gasteiger partial charge in [-0.15, -0.1) is 0 Å². The summed E-state index contributed by atoms with van der Waals surface area (Å²) >= 11 is 0. The first-order valence-electron chi connectivity index (χ1n) is 7.42. The summed E-state index contributed by atoms with van der Waals surface area (Å²) in [6, 6.07) is 1.36. The van der Waals surface area contributed by atoms with Crippen LogP contribution in [-0.4, -0.2) is 69.8 Å². The Hall–Kier alpha value is -2.26. The van der Waals surface area contributed by atoms with Crippen molar-refractivity contribution in [2.45, 2.75) is 25.5 Å². The van der Waals surface area contributed by atoms with Gasteiger partial charge in [-0.05, 0) is 14.0 Å². The van der Waals surface area contributed by atoms with Crippen LogP contribution >= 0.6 is 0 Å². The van der Waals surface area contributed by atoms with Crippen LogP contribution in [0.5, 0.6) is 0 Å². The maximum absolute atomic E-state index is 12.2. The van der Waals surface area contributed by atoms with Crippen LogP contribution < -0.4 is 10.9 Å². The fraction of sp³-hybridized carbons (Fsp3) is 0.571. The molecule has 0 aromatic carbocycles. The second kappa shape index (κ2) is 6.09. The minimum Gasteiger partial charge on any atom is -0.378 e. The molecule has 3 heterocycles. The van der Waals surface area contributed by atoms with Crippen molar-refractivity contribution in [1.29, 1.82) is 0 Å². The van der Waals surface area contributed by atoms with Crippen molar-refractivity contribution in [3.8, 4) is 0 Å². The first kappa shape index (κ1) is 15.6. The number of aryl methyl sites for hydroxylation is 1. The number of amides is 1. The average Bonchev–Trinajstić information content (AvgIpc) is 3.01. The zero-order chi connectivity index (χ0) is 16.6. The van der Waals surface area contributed by atoms with Crippen LogP contribution in [0.3, 0.4) is 0 Å². The summed E-state index contributed by atoms with van der Waals surface area (Å²) in [5.74, 6) is 0.502. The molecule has 1 saturated heterocycles. The topological polar surface area (TPSA) is 105 Å². The van der Waals surface area contributed by atoms with Crippen LogP contribution in [0.15, 0.2) is 10.9 Å². The van der Waals surface area contributed by atoms with Gasteiger partial charge in [-0.3, -0.25) is 14.7 Å². The lowest BCUT2D eigenvalue weighted by Crippen LogP contribution is -2.44. The molecule has 1 aliphatic rings. The summed E-state index contributed by atoms with van der Waals surface area (Å²) < 4.78 is 6.62. The maximum atomic E-state index is 12.2. The molecule has 124 valence electrons. The first-order valence-corrected chi connectivity index (χ1v) is 7.42. The van der Waals surface area contributed by atoms with Gasteiger partial charge in [-0.2, -0.15) is 9.50 Å². The molecule has 1 aliphatic heterocycles. The highest BCUT2D eigenvalue weighted by Crippen LogP contribution is 2.11. The number of hydrogen-bond acceptors (Lipinski definition) is 6. The third-order valence-electron chi connectivity index (χ3n) is 3.93. The Morgan fingerprint density at radius 1 is 1.48 bits per heavy atom. The molecule has 0 bridgehead atoms. The van der Waals surface area contributed by atoms with Crippen LogP contribution in [0, 0.1) is 6.92 Å². The summed E-state index contributed by atoms with van der Waals surface area (Å²) in [6.07, 6.45) is 0.0324. The number of aromatic amines is 1. The third kappa shape index (κ3) is 3.25. The smallest absolute Gasteiger partial charge is 0.274 e. The molecule has 2 N–H and O–H groups in total. The van der Waals surface area contributed by atoms with Crippen molar-refractivity contribution in [3.05, 3.63) is 27.9 Å². The lowest BCUT2D eigenvalue weighted by atomic mass is 10.2. The monoisotopic (exact) mass is 320 g/mol. The fourth-order valence-electron chi connectivity index (χ4n) is 2.87. The number of carbonyl (C=O) groups is 1. The van der Waals surface area contributed by atoms with E-state index in [1.165, 1.54) is 10.6 Å². The van der Waals surface area contributed by atoms with E-state index in [9.17, 15) is 9.59 Å². The number of likely N-dealkylation sites (tertiary alicyclic amines) is 1. The highest BCUT2D eigenvalue weighted by molar-refractivity contribution is 5.78. The minimum atomic E-state index is -0.247. The van der Waals surface area contributed by atoms with Gasteiger partial charge in [-0.1, -0.05) is 0 Å². The Morgan fingerprint density at radius 3 is 3.00 bits per heavy atom. The van der Waals surface area contributed by atoms with Gasteiger partial charge in [0, 0.05) is 32.0 Å². The second-order valence-corrected chi connectivity index (χ2v) is 5.89. The number of likely N-dealkylation sites (N-methyl/N-ethyl adjacent to an activating group) is 1. The Balaban J connectivity index is 1.71. The summed E-state index contributed by atoms with van der Waals surface area (Å²) in [5, 5.41) is 5.76. The van der Waals surface area contributed by atoms with E-state index in [-0.39, 0.29) is 35.8 Å². The van der Waals surface area contributed by atoms with Crippen molar-refractivity contribution < 1.29 is 9.53 Å². The van der Waals surface area contributed by atoms with E-state index in [0.29, 0.717) is 11.5 Å². The highest BCUT2D eigenvalue weighted by Gasteiger charge is 2.32. The van der Waals surface area contributed by atoms with Crippen molar-refractivity contribution >= 4 is 11.7 Å². The molecule has 0 saturated carbocycles. The summed E-state index contributed by atoms with van der Waals surface area (Å²) in [7, 11) is 3.63. The van der Waals surface area contributed by atoms with Crippen LogP contribution in [0.25, 0.3) is 5.78 Å². The van der Waals surface area contributed by atoms with E-state index in [0.717, 1.165) is 13.1 Å². The number of carbonyl (C=O) groups excluding carboxylic acids is 1. The SMILES string of the molecule is CO[C@H]1CN(C)C[C@@H]1NC(=O)Cc1nc2nc(C)cc(=O)n2[nH]1. The van der Waals surface area contributed by atoms with Gasteiger partial charge in [0.05, 0.1) is 18.6 Å². The van der Waals surface area contributed by atoms with Gasteiger partial charge < -0.3 is 15.0 Å². The van der Waals surface area contributed by atoms with Crippen LogP contribution in [0.1, 0.15) is 11.5 Å². The van der Waals surface area contributed by atoms with Crippen molar-refractivity contribution in [1.82, 2.24) is 29.8 Å². The van der Waals surface area contributed by atoms with E-state index in [1.54, 1.807) is 14.0 Å². The van der Waals surface area contributed by atoms with Crippen molar-refractivity contribution in [2.75, 3.05) is 27.2 Å². The molecule has 0 unspecified atom stereocenters. The zero-order valence-corrected chi connectivity index (χ0v) is 13.4. The summed E-state index contributed by atoms with van der Waals surface area (Å²) in [5.41, 5.74) is 0.345. The molecule has 23 heavy (non-hydrogen) atoms. The standard InChI is InChI=1S/C14H20N6O3/c1-8-4-13(22)20-14(15-8)17-11(18-20)5-12(21)16-9-6-19(2)7-10(9)23-3/h4,9-10H,5-7H2,1-3H3,(H,16,21)(H,15,17,18)/t9-,10-/m0/s1. The summed E-state index contributed by atoms with van der Waals surface area (Å²) in [6.45, 7) is 3.25. The quantitative estimate of drug-likeness (QED) is 0.727. The second-order valence-electron chi connectivity index (χ2n) is 5.89. The van der Waals surface area contributed by atoms with Crippen molar-refractivity contribution in [3.63, 3.8) is 0 Å². The number of nitrogens with zero attached hydrogens (tertiary/aromatic N) is 4. The number of aromatic nitrogens is 4. The van der Waals surface area contributed by atoms with Gasteiger partial charge in [0.25, 0.3) is 11.3 Å². The molecule has 1 amide bonds. The number of nitrogens with one attached hydrogen (secondary N) is 2. The lowest BCUT2D eigenvalue weighted by Gasteiger charge is -2.18. The molecule has 0 aliphatic carbocycles. The van der Waals surface area contributed by atoms with Gasteiger partial charge in [-0.25, -0.2) is 4.98 Å². The maximum Gasteiger partial charge on any atom is 0.274 e. The largest absolute Gasteiger partial charge is 0.378 e. The van der Waals surface area contributed by atoms with Crippen LogP contribution in [-0.2, 0) is 16.0 Å². The van der Waals surface area contributed by atoms with E-state index in [4.69, 9.17) is 4.74 Å². The minimum absolute atomic E-state index is 0.0217. The number of methoxy groups -OCH3 is 1. The van der Waals surface area contributed by atoms with Crippen molar-refractivity contribution in [2.24, 2.45) is 0 Å². The molecule has 0 spiro atoms. The molecular weight excluding hydrogens is 300 g/mol. The summed E-state index contributed by atoms with van der Waals surface area (Å²) in [4.78, 5) is 34.5. The predicted molar refractivity (Wildman–Crippen MR) is 82.3 cm³/mol. The molecule has 9 nitrogen and oxygen atoms in total. The van der Waals surface area contributed by atoms with Gasteiger partial charge >= 0.3 is 0 Å². The molecular formula is C14H20N6O3. The van der Waals surface area contributed by atoms with Gasteiger partial charge in [0.1, 0.15) is 5.82 Å². The van der Waals surface area contributed by atoms with Gasteiger partial charge in [0.15, 0.2) is 0 Å². The van der Waals surface area contributed by atoms with Crippen LogP contribution in [0.2, 0.25) is 0 Å². The Morgan fingerprint density at radius 2 is 2.26 bits per heavy atom. The molecule has 3 rings (SSSR count). The molecule has 9 heteroatoms. The average molecular weight is 320 g/mol. The third-order valence-corrected chi connectivity index (χ3v) is 3.93. The van der Waals surface area contributed by atoms with Gasteiger partial charge in [0.2, 0.25) is 5.91 Å². The molecule has 1 fully saturated rings.